The molecule has 0 unspecified atom stereocenters. The minimum atomic E-state index is -0.0931. The molecule has 1 rings (SSSR count). The first-order chi connectivity index (χ1) is 7.68. The van der Waals surface area contributed by atoms with Gasteiger partial charge in [-0.1, -0.05) is 44.2 Å². The lowest BCUT2D eigenvalue weighted by atomic mass is 10.1. The predicted molar refractivity (Wildman–Crippen MR) is 65.2 cm³/mol. The molecule has 1 aromatic rings. The van der Waals surface area contributed by atoms with Crippen LogP contribution >= 0.6 is 0 Å². The van der Waals surface area contributed by atoms with E-state index in [0.717, 1.165) is 12.8 Å². The number of hydrogen-bond acceptors (Lipinski definition) is 2. The summed E-state index contributed by atoms with van der Waals surface area (Å²) >= 11 is 0. The van der Waals surface area contributed by atoms with E-state index < -0.39 is 0 Å². The van der Waals surface area contributed by atoms with Crippen molar-refractivity contribution in [3.05, 3.63) is 35.9 Å². The van der Waals surface area contributed by atoms with Crippen molar-refractivity contribution in [3.8, 4) is 0 Å². The maximum atomic E-state index is 11.4. The number of carbonyl (C=O) groups excluding carboxylic acids is 1. The number of carbonyl (C=O) groups is 1. The number of benzene rings is 1. The van der Waals surface area contributed by atoms with Gasteiger partial charge in [0.15, 0.2) is 0 Å². The summed E-state index contributed by atoms with van der Waals surface area (Å²) in [5.41, 5.74) is 1.18. The minimum absolute atomic E-state index is 0.0931. The number of aryl methyl sites for hydroxylation is 1. The van der Waals surface area contributed by atoms with Gasteiger partial charge in [-0.05, 0) is 24.3 Å². The van der Waals surface area contributed by atoms with E-state index in [1.165, 1.54) is 5.56 Å². The molecule has 0 spiro atoms. The Morgan fingerprint density at radius 2 is 1.94 bits per heavy atom. The Morgan fingerprint density at radius 1 is 1.25 bits per heavy atom. The molecule has 0 heterocycles. The fourth-order valence-corrected chi connectivity index (χ4v) is 1.37. The molecule has 0 aromatic heterocycles. The van der Waals surface area contributed by atoms with E-state index in [4.69, 9.17) is 4.74 Å². The lowest BCUT2D eigenvalue weighted by Gasteiger charge is -2.06. The smallest absolute Gasteiger partial charge is 0.306 e. The third-order valence-corrected chi connectivity index (χ3v) is 2.42. The molecule has 0 atom stereocenters. The van der Waals surface area contributed by atoms with Gasteiger partial charge in [0.25, 0.3) is 0 Å². The van der Waals surface area contributed by atoms with Crippen LogP contribution in [0.2, 0.25) is 0 Å². The zero-order chi connectivity index (χ0) is 11.8. The van der Waals surface area contributed by atoms with Gasteiger partial charge in [0, 0.05) is 6.42 Å². The highest BCUT2D eigenvalue weighted by molar-refractivity contribution is 5.69. The van der Waals surface area contributed by atoms with E-state index in [1.54, 1.807) is 0 Å². The molecule has 2 nitrogen and oxygen atoms in total. The van der Waals surface area contributed by atoms with Gasteiger partial charge in [-0.3, -0.25) is 4.79 Å². The van der Waals surface area contributed by atoms with Crippen LogP contribution in [0.15, 0.2) is 30.3 Å². The number of hydrogen-bond donors (Lipinski definition) is 0. The standard InChI is InChI=1S/C14H20O2/c1-12(2)10-11-16-14(15)9-8-13-6-4-3-5-7-13/h3-7,12H,8-11H2,1-2H3. The van der Waals surface area contributed by atoms with Crippen molar-refractivity contribution in [2.45, 2.75) is 33.1 Å². The number of esters is 1. The van der Waals surface area contributed by atoms with Gasteiger partial charge >= 0.3 is 5.97 Å². The van der Waals surface area contributed by atoms with Crippen LogP contribution in [0.5, 0.6) is 0 Å². The summed E-state index contributed by atoms with van der Waals surface area (Å²) in [7, 11) is 0. The van der Waals surface area contributed by atoms with Crippen molar-refractivity contribution >= 4 is 5.97 Å². The average molecular weight is 220 g/mol. The highest BCUT2D eigenvalue weighted by atomic mass is 16.5. The molecule has 0 saturated heterocycles. The SMILES string of the molecule is CC(C)CCOC(=O)CCc1ccccc1. The van der Waals surface area contributed by atoms with Crippen molar-refractivity contribution in [1.82, 2.24) is 0 Å². The molecule has 1 aromatic carbocycles. The van der Waals surface area contributed by atoms with Crippen LogP contribution in [0.4, 0.5) is 0 Å². The lowest BCUT2D eigenvalue weighted by molar-refractivity contribution is -0.143. The van der Waals surface area contributed by atoms with Gasteiger partial charge in [-0.25, -0.2) is 0 Å². The Morgan fingerprint density at radius 3 is 2.56 bits per heavy atom. The van der Waals surface area contributed by atoms with E-state index in [2.05, 4.69) is 13.8 Å². The van der Waals surface area contributed by atoms with E-state index in [9.17, 15) is 4.79 Å². The quantitative estimate of drug-likeness (QED) is 0.688. The summed E-state index contributed by atoms with van der Waals surface area (Å²) in [5.74, 6) is 0.492. The van der Waals surface area contributed by atoms with Crippen molar-refractivity contribution in [2.24, 2.45) is 5.92 Å². The Kier molecular flexibility index (Phi) is 5.62. The van der Waals surface area contributed by atoms with Crippen LogP contribution in [-0.4, -0.2) is 12.6 Å². The third kappa shape index (κ3) is 5.54. The zero-order valence-corrected chi connectivity index (χ0v) is 10.1. The molecule has 0 bridgehead atoms. The summed E-state index contributed by atoms with van der Waals surface area (Å²) in [6, 6.07) is 10.0. The fourth-order valence-electron chi connectivity index (χ4n) is 1.37. The van der Waals surface area contributed by atoms with E-state index in [0.29, 0.717) is 18.9 Å². The molecule has 0 saturated carbocycles. The molecule has 0 amide bonds. The molecular formula is C14H20O2. The summed E-state index contributed by atoms with van der Waals surface area (Å²) in [6.07, 6.45) is 2.18. The van der Waals surface area contributed by atoms with E-state index in [1.807, 2.05) is 30.3 Å². The molecule has 0 radical (unpaired) electrons. The molecule has 0 N–H and O–H groups in total. The van der Waals surface area contributed by atoms with Crippen LogP contribution < -0.4 is 0 Å². The third-order valence-electron chi connectivity index (χ3n) is 2.42. The highest BCUT2D eigenvalue weighted by Crippen LogP contribution is 2.04. The Labute approximate surface area is 97.6 Å². The van der Waals surface area contributed by atoms with Gasteiger partial charge in [-0.2, -0.15) is 0 Å². The number of rotatable bonds is 6. The van der Waals surface area contributed by atoms with Crippen molar-refractivity contribution in [2.75, 3.05) is 6.61 Å². The van der Waals surface area contributed by atoms with Crippen LogP contribution in [-0.2, 0) is 16.0 Å². The second-order valence-electron chi connectivity index (χ2n) is 4.39. The average Bonchev–Trinajstić information content (AvgIpc) is 2.27. The molecular weight excluding hydrogens is 200 g/mol. The molecule has 88 valence electrons. The van der Waals surface area contributed by atoms with Gasteiger partial charge in [0.1, 0.15) is 0 Å². The van der Waals surface area contributed by atoms with Crippen molar-refractivity contribution in [3.63, 3.8) is 0 Å². The summed E-state index contributed by atoms with van der Waals surface area (Å²) in [6.45, 7) is 4.79. The molecule has 16 heavy (non-hydrogen) atoms. The summed E-state index contributed by atoms with van der Waals surface area (Å²) < 4.78 is 5.14. The van der Waals surface area contributed by atoms with Crippen LogP contribution in [0, 0.1) is 5.92 Å². The number of ether oxygens (including phenoxy) is 1. The van der Waals surface area contributed by atoms with Gasteiger partial charge in [-0.15, -0.1) is 0 Å². The van der Waals surface area contributed by atoms with Crippen molar-refractivity contribution in [1.29, 1.82) is 0 Å². The molecule has 0 aliphatic carbocycles. The summed E-state index contributed by atoms with van der Waals surface area (Å²) in [4.78, 5) is 11.4. The largest absolute Gasteiger partial charge is 0.466 e. The normalized spacial score (nSPS) is 10.4. The Balaban J connectivity index is 2.16. The topological polar surface area (TPSA) is 26.3 Å². The molecule has 0 fully saturated rings. The second kappa shape index (κ2) is 7.04. The van der Waals surface area contributed by atoms with Crippen LogP contribution in [0.1, 0.15) is 32.3 Å². The van der Waals surface area contributed by atoms with E-state index in [-0.39, 0.29) is 5.97 Å². The second-order valence-corrected chi connectivity index (χ2v) is 4.39. The molecule has 0 aliphatic rings. The maximum absolute atomic E-state index is 11.4. The first-order valence-corrected chi connectivity index (χ1v) is 5.88. The highest BCUT2D eigenvalue weighted by Gasteiger charge is 2.03. The zero-order valence-electron chi connectivity index (χ0n) is 10.1. The fraction of sp³-hybridized carbons (Fsp3) is 0.500. The van der Waals surface area contributed by atoms with Gasteiger partial charge in [0.05, 0.1) is 6.61 Å². The summed E-state index contributed by atoms with van der Waals surface area (Å²) in [5, 5.41) is 0. The Bertz CT molecular complexity index is 304. The van der Waals surface area contributed by atoms with Crippen LogP contribution in [0.3, 0.4) is 0 Å². The minimum Gasteiger partial charge on any atom is -0.466 e. The van der Waals surface area contributed by atoms with Crippen LogP contribution in [0.25, 0.3) is 0 Å². The molecule has 0 aliphatic heterocycles. The van der Waals surface area contributed by atoms with Crippen molar-refractivity contribution < 1.29 is 9.53 Å². The Hall–Kier alpha value is -1.31. The van der Waals surface area contributed by atoms with Gasteiger partial charge < -0.3 is 4.74 Å². The van der Waals surface area contributed by atoms with E-state index >= 15 is 0 Å². The van der Waals surface area contributed by atoms with Gasteiger partial charge in [0.2, 0.25) is 0 Å². The predicted octanol–water partition coefficient (Wildman–Crippen LogP) is 3.21. The maximum Gasteiger partial charge on any atom is 0.306 e. The first kappa shape index (κ1) is 12.8. The monoisotopic (exact) mass is 220 g/mol. The lowest BCUT2D eigenvalue weighted by Crippen LogP contribution is -2.08. The molecule has 2 heteroatoms. The first-order valence-electron chi connectivity index (χ1n) is 5.88.